The topological polar surface area (TPSA) is 37.4 Å². The van der Waals surface area contributed by atoms with Gasteiger partial charge in [0.05, 0.1) is 6.42 Å². The molecule has 1 heterocycles. The van der Waals surface area contributed by atoms with Gasteiger partial charge in [-0.05, 0) is 17.7 Å². The molecule has 1 amide bonds. The first-order valence-electron chi connectivity index (χ1n) is 4.63. The Bertz CT molecular complexity index is 430. The third-order valence-electron chi connectivity index (χ3n) is 2.58. The van der Waals surface area contributed by atoms with Crippen LogP contribution in [0.25, 0.3) is 0 Å². The maximum Gasteiger partial charge on any atom is 0.230 e. The first kappa shape index (κ1) is 10.4. The van der Waals surface area contributed by atoms with E-state index in [2.05, 4.69) is 15.9 Å². The molecule has 1 fully saturated rings. The van der Waals surface area contributed by atoms with Crippen LogP contribution in [0.4, 0.5) is 0 Å². The lowest BCUT2D eigenvalue weighted by Gasteiger charge is -2.18. The van der Waals surface area contributed by atoms with Crippen molar-refractivity contribution in [3.63, 3.8) is 0 Å². The number of Topliss-reactive ketones (excluding diaryl/α,β-unsaturated/α-hetero) is 1. The van der Waals surface area contributed by atoms with Crippen LogP contribution in [-0.4, -0.2) is 23.6 Å². The van der Waals surface area contributed by atoms with Crippen molar-refractivity contribution in [2.75, 3.05) is 7.05 Å². The summed E-state index contributed by atoms with van der Waals surface area (Å²) in [7, 11) is 1.67. The highest BCUT2D eigenvalue weighted by molar-refractivity contribution is 9.10. The Morgan fingerprint density at radius 3 is 2.67 bits per heavy atom. The molecule has 3 nitrogen and oxygen atoms in total. The van der Waals surface area contributed by atoms with Gasteiger partial charge < -0.3 is 4.90 Å². The van der Waals surface area contributed by atoms with E-state index in [1.54, 1.807) is 7.05 Å². The molecule has 0 spiro atoms. The normalized spacial score (nSPS) is 21.2. The summed E-state index contributed by atoms with van der Waals surface area (Å²) in [5, 5.41) is 0. The molecule has 78 valence electrons. The minimum atomic E-state index is -0.407. The number of ketones is 1. The summed E-state index contributed by atoms with van der Waals surface area (Å²) >= 11 is 3.35. The Kier molecular flexibility index (Phi) is 2.61. The smallest absolute Gasteiger partial charge is 0.230 e. The number of likely N-dealkylation sites (tertiary alicyclic amines) is 1. The second-order valence-electron chi connectivity index (χ2n) is 3.61. The number of halogens is 1. The predicted molar refractivity (Wildman–Crippen MR) is 59.3 cm³/mol. The lowest BCUT2D eigenvalue weighted by molar-refractivity contribution is -0.127. The van der Waals surface area contributed by atoms with Crippen LogP contribution in [0.3, 0.4) is 0 Å². The first-order chi connectivity index (χ1) is 7.09. The van der Waals surface area contributed by atoms with Gasteiger partial charge >= 0.3 is 0 Å². The summed E-state index contributed by atoms with van der Waals surface area (Å²) in [4.78, 5) is 24.5. The summed E-state index contributed by atoms with van der Waals surface area (Å²) in [6, 6.07) is 7.09. The van der Waals surface area contributed by atoms with E-state index in [9.17, 15) is 9.59 Å². The highest BCUT2D eigenvalue weighted by Crippen LogP contribution is 2.29. The van der Waals surface area contributed by atoms with Crippen molar-refractivity contribution in [2.45, 2.75) is 12.5 Å². The van der Waals surface area contributed by atoms with Gasteiger partial charge in [-0.25, -0.2) is 0 Å². The molecule has 1 aliphatic heterocycles. The van der Waals surface area contributed by atoms with Crippen molar-refractivity contribution in [1.82, 2.24) is 4.90 Å². The number of rotatable bonds is 1. The fourth-order valence-corrected chi connectivity index (χ4v) is 2.23. The van der Waals surface area contributed by atoms with E-state index < -0.39 is 6.04 Å². The molecule has 0 aliphatic carbocycles. The first-order valence-corrected chi connectivity index (χ1v) is 5.43. The van der Waals surface area contributed by atoms with Crippen molar-refractivity contribution in [1.29, 1.82) is 0 Å². The van der Waals surface area contributed by atoms with Crippen molar-refractivity contribution in [3.05, 3.63) is 34.3 Å². The molecule has 2 rings (SSSR count). The maximum atomic E-state index is 11.6. The molecule has 0 radical (unpaired) electrons. The highest BCUT2D eigenvalue weighted by atomic mass is 79.9. The van der Waals surface area contributed by atoms with E-state index in [-0.39, 0.29) is 18.1 Å². The van der Waals surface area contributed by atoms with Gasteiger partial charge in [-0.1, -0.05) is 28.1 Å². The van der Waals surface area contributed by atoms with Crippen LogP contribution in [0.1, 0.15) is 18.0 Å². The molecule has 1 saturated heterocycles. The standard InChI is InChI=1S/C11H10BrNO2/c1-13-10(15)6-9(14)11(13)7-3-2-4-8(12)5-7/h2-5,11H,6H2,1H3. The quantitative estimate of drug-likeness (QED) is 0.730. The molecule has 15 heavy (non-hydrogen) atoms. The number of carbonyl (C=O) groups is 2. The van der Waals surface area contributed by atoms with E-state index >= 15 is 0 Å². The van der Waals surface area contributed by atoms with Gasteiger partial charge in [0, 0.05) is 11.5 Å². The number of amides is 1. The third kappa shape index (κ3) is 1.81. The molecule has 1 aliphatic rings. The third-order valence-corrected chi connectivity index (χ3v) is 3.07. The molecule has 4 heteroatoms. The van der Waals surface area contributed by atoms with Gasteiger partial charge in [0.1, 0.15) is 6.04 Å². The largest absolute Gasteiger partial charge is 0.331 e. The highest BCUT2D eigenvalue weighted by Gasteiger charge is 2.36. The summed E-state index contributed by atoms with van der Waals surface area (Å²) in [6.07, 6.45) is 0.0215. The van der Waals surface area contributed by atoms with E-state index in [1.807, 2.05) is 24.3 Å². The van der Waals surface area contributed by atoms with Crippen LogP contribution in [0.2, 0.25) is 0 Å². The number of carbonyl (C=O) groups excluding carboxylic acids is 2. The zero-order valence-electron chi connectivity index (χ0n) is 8.24. The van der Waals surface area contributed by atoms with Crippen LogP contribution in [0.5, 0.6) is 0 Å². The monoisotopic (exact) mass is 267 g/mol. The lowest BCUT2D eigenvalue weighted by atomic mass is 10.0. The Labute approximate surface area is 96.2 Å². The molecule has 0 aromatic heterocycles. The molecular weight excluding hydrogens is 258 g/mol. The van der Waals surface area contributed by atoms with Gasteiger partial charge in [0.15, 0.2) is 5.78 Å². The SMILES string of the molecule is CN1C(=O)CC(=O)C1c1cccc(Br)c1. The van der Waals surface area contributed by atoms with E-state index in [4.69, 9.17) is 0 Å². The molecule has 1 unspecified atom stereocenters. The fourth-order valence-electron chi connectivity index (χ4n) is 1.82. The van der Waals surface area contributed by atoms with Crippen molar-refractivity contribution in [2.24, 2.45) is 0 Å². The van der Waals surface area contributed by atoms with E-state index in [0.29, 0.717) is 0 Å². The lowest BCUT2D eigenvalue weighted by Crippen LogP contribution is -2.24. The summed E-state index contributed by atoms with van der Waals surface area (Å²) in [6.45, 7) is 0. The van der Waals surface area contributed by atoms with Gasteiger partial charge in [-0.15, -0.1) is 0 Å². The number of benzene rings is 1. The van der Waals surface area contributed by atoms with Crippen LogP contribution >= 0.6 is 15.9 Å². The minimum absolute atomic E-state index is 0.0215. The molecular formula is C11H10BrNO2. The Morgan fingerprint density at radius 1 is 1.40 bits per heavy atom. The van der Waals surface area contributed by atoms with Crippen LogP contribution in [-0.2, 0) is 9.59 Å². The van der Waals surface area contributed by atoms with Gasteiger partial charge in [-0.3, -0.25) is 9.59 Å². The molecule has 0 saturated carbocycles. The second kappa shape index (κ2) is 3.77. The Hall–Kier alpha value is -1.16. The second-order valence-corrected chi connectivity index (χ2v) is 4.52. The van der Waals surface area contributed by atoms with Gasteiger partial charge in [0.25, 0.3) is 0 Å². The van der Waals surface area contributed by atoms with Crippen molar-refractivity contribution in [3.8, 4) is 0 Å². The fraction of sp³-hybridized carbons (Fsp3) is 0.273. The number of hydrogen-bond acceptors (Lipinski definition) is 2. The predicted octanol–water partition coefficient (Wildman–Crippen LogP) is 1.92. The summed E-state index contributed by atoms with van der Waals surface area (Å²) < 4.78 is 0.917. The molecule has 1 aromatic rings. The summed E-state index contributed by atoms with van der Waals surface area (Å²) in [5.41, 5.74) is 0.864. The number of hydrogen-bond donors (Lipinski definition) is 0. The van der Waals surface area contributed by atoms with Crippen molar-refractivity contribution >= 4 is 27.6 Å². The zero-order chi connectivity index (χ0) is 11.0. The molecule has 1 atom stereocenters. The van der Waals surface area contributed by atoms with Gasteiger partial charge in [0.2, 0.25) is 5.91 Å². The van der Waals surface area contributed by atoms with Crippen LogP contribution in [0, 0.1) is 0 Å². The van der Waals surface area contributed by atoms with Crippen LogP contribution in [0.15, 0.2) is 28.7 Å². The summed E-state index contributed by atoms with van der Waals surface area (Å²) in [5.74, 6) is -0.134. The molecule has 0 bridgehead atoms. The average molecular weight is 268 g/mol. The molecule has 0 N–H and O–H groups in total. The average Bonchev–Trinajstić information content (AvgIpc) is 2.41. The Morgan fingerprint density at radius 2 is 2.13 bits per heavy atom. The maximum absolute atomic E-state index is 11.6. The zero-order valence-corrected chi connectivity index (χ0v) is 9.82. The van der Waals surface area contributed by atoms with E-state index in [0.717, 1.165) is 10.0 Å². The minimum Gasteiger partial charge on any atom is -0.331 e. The Balaban J connectivity index is 2.39. The van der Waals surface area contributed by atoms with Crippen LogP contribution < -0.4 is 0 Å². The van der Waals surface area contributed by atoms with Crippen molar-refractivity contribution < 1.29 is 9.59 Å². The number of nitrogens with zero attached hydrogens (tertiary/aromatic N) is 1. The van der Waals surface area contributed by atoms with Gasteiger partial charge in [-0.2, -0.15) is 0 Å². The van der Waals surface area contributed by atoms with E-state index in [1.165, 1.54) is 4.90 Å². The number of likely N-dealkylation sites (N-methyl/N-ethyl adjacent to an activating group) is 1. The molecule has 1 aromatic carbocycles.